The van der Waals surface area contributed by atoms with Crippen molar-refractivity contribution in [1.82, 2.24) is 4.90 Å². The molecule has 0 spiro atoms. The Kier molecular flexibility index (Phi) is 4.73. The number of likely N-dealkylation sites (tertiary alicyclic amines) is 1. The fourth-order valence-corrected chi connectivity index (χ4v) is 2.04. The van der Waals surface area contributed by atoms with Crippen molar-refractivity contribution in [1.29, 1.82) is 0 Å². The van der Waals surface area contributed by atoms with Crippen LogP contribution in [0, 0.1) is 5.92 Å². The standard InChI is InChI=1S/C9H16BrNO2/c10-6-9(13)11-4-1-2-8(7-12)3-5-11/h8,12H,1-7H2. The topological polar surface area (TPSA) is 40.5 Å². The van der Waals surface area contributed by atoms with E-state index < -0.39 is 0 Å². The van der Waals surface area contributed by atoms with Crippen molar-refractivity contribution in [3.05, 3.63) is 0 Å². The van der Waals surface area contributed by atoms with Gasteiger partial charge in [0.1, 0.15) is 0 Å². The molecule has 1 rings (SSSR count). The molecule has 1 N–H and O–H groups in total. The molecule has 1 saturated heterocycles. The number of nitrogens with zero attached hydrogens (tertiary/aromatic N) is 1. The largest absolute Gasteiger partial charge is 0.396 e. The third-order valence-corrected chi connectivity index (χ3v) is 3.05. The minimum atomic E-state index is 0.165. The van der Waals surface area contributed by atoms with Crippen molar-refractivity contribution in [2.45, 2.75) is 19.3 Å². The molecular weight excluding hydrogens is 234 g/mol. The Morgan fingerprint density at radius 2 is 2.23 bits per heavy atom. The van der Waals surface area contributed by atoms with E-state index in [-0.39, 0.29) is 12.5 Å². The Balaban J connectivity index is 2.40. The van der Waals surface area contributed by atoms with E-state index in [2.05, 4.69) is 15.9 Å². The highest BCUT2D eigenvalue weighted by atomic mass is 79.9. The molecule has 0 saturated carbocycles. The first kappa shape index (κ1) is 11.0. The van der Waals surface area contributed by atoms with E-state index in [4.69, 9.17) is 5.11 Å². The number of hydrogen-bond donors (Lipinski definition) is 1. The number of alkyl halides is 1. The summed E-state index contributed by atoms with van der Waals surface area (Å²) in [7, 11) is 0. The van der Waals surface area contributed by atoms with Gasteiger partial charge in [0.25, 0.3) is 0 Å². The van der Waals surface area contributed by atoms with Gasteiger partial charge in [-0.3, -0.25) is 4.79 Å². The van der Waals surface area contributed by atoms with Crippen LogP contribution < -0.4 is 0 Å². The molecule has 1 amide bonds. The third kappa shape index (κ3) is 3.27. The molecule has 13 heavy (non-hydrogen) atoms. The lowest BCUT2D eigenvalue weighted by molar-refractivity contribution is -0.128. The van der Waals surface area contributed by atoms with Crippen molar-refractivity contribution >= 4 is 21.8 Å². The second-order valence-corrected chi connectivity index (χ2v) is 4.05. The molecule has 0 bridgehead atoms. The molecule has 1 unspecified atom stereocenters. The monoisotopic (exact) mass is 249 g/mol. The summed E-state index contributed by atoms with van der Waals surface area (Å²) in [6.45, 7) is 1.91. The zero-order valence-corrected chi connectivity index (χ0v) is 9.29. The summed E-state index contributed by atoms with van der Waals surface area (Å²) in [6, 6.07) is 0. The second kappa shape index (κ2) is 5.60. The first-order valence-electron chi connectivity index (χ1n) is 4.72. The van der Waals surface area contributed by atoms with Gasteiger partial charge in [-0.05, 0) is 25.2 Å². The molecule has 0 radical (unpaired) electrons. The molecule has 3 nitrogen and oxygen atoms in total. The average molecular weight is 250 g/mol. The van der Waals surface area contributed by atoms with Crippen molar-refractivity contribution in [2.75, 3.05) is 25.0 Å². The normalized spacial score (nSPS) is 24.2. The van der Waals surface area contributed by atoms with E-state index >= 15 is 0 Å². The smallest absolute Gasteiger partial charge is 0.233 e. The number of aliphatic hydroxyl groups is 1. The van der Waals surface area contributed by atoms with Crippen LogP contribution in [0.2, 0.25) is 0 Å². The van der Waals surface area contributed by atoms with Crippen molar-refractivity contribution in [3.63, 3.8) is 0 Å². The molecule has 0 aromatic carbocycles. The minimum absolute atomic E-state index is 0.165. The molecule has 1 aliphatic heterocycles. The lowest BCUT2D eigenvalue weighted by Crippen LogP contribution is -2.32. The lowest BCUT2D eigenvalue weighted by atomic mass is 10.0. The van der Waals surface area contributed by atoms with Crippen LogP contribution in [0.1, 0.15) is 19.3 Å². The van der Waals surface area contributed by atoms with Crippen LogP contribution in [0.25, 0.3) is 0 Å². The summed E-state index contributed by atoms with van der Waals surface area (Å²) in [5.74, 6) is 0.562. The quantitative estimate of drug-likeness (QED) is 0.743. The number of hydrogen-bond acceptors (Lipinski definition) is 2. The summed E-state index contributed by atoms with van der Waals surface area (Å²) in [5, 5.41) is 9.40. The molecule has 4 heteroatoms. The molecular formula is C9H16BrNO2. The van der Waals surface area contributed by atoms with Gasteiger partial charge in [-0.15, -0.1) is 0 Å². The summed E-state index contributed by atoms with van der Waals surface area (Å²) >= 11 is 3.17. The summed E-state index contributed by atoms with van der Waals surface area (Å²) in [6.07, 6.45) is 3.00. The number of amides is 1. The SMILES string of the molecule is O=C(CBr)N1CCCC(CO)CC1. The van der Waals surface area contributed by atoms with Gasteiger partial charge in [0.05, 0.1) is 5.33 Å². The van der Waals surface area contributed by atoms with E-state index in [9.17, 15) is 4.79 Å². The Hall–Kier alpha value is -0.0900. The highest BCUT2D eigenvalue weighted by Gasteiger charge is 2.18. The first-order valence-corrected chi connectivity index (χ1v) is 5.84. The predicted molar refractivity (Wildman–Crippen MR) is 54.8 cm³/mol. The van der Waals surface area contributed by atoms with Crippen molar-refractivity contribution in [2.24, 2.45) is 5.92 Å². The maximum atomic E-state index is 11.3. The van der Waals surface area contributed by atoms with Gasteiger partial charge in [-0.25, -0.2) is 0 Å². The van der Waals surface area contributed by atoms with Crippen molar-refractivity contribution < 1.29 is 9.90 Å². The summed E-state index contributed by atoms with van der Waals surface area (Å²) < 4.78 is 0. The molecule has 0 aromatic rings. The summed E-state index contributed by atoms with van der Waals surface area (Å²) in [4.78, 5) is 13.2. The van der Waals surface area contributed by atoms with Gasteiger partial charge < -0.3 is 10.0 Å². The maximum absolute atomic E-state index is 11.3. The minimum Gasteiger partial charge on any atom is -0.396 e. The number of carbonyl (C=O) groups is 1. The van der Waals surface area contributed by atoms with Gasteiger partial charge in [-0.1, -0.05) is 15.9 Å². The van der Waals surface area contributed by atoms with Gasteiger partial charge >= 0.3 is 0 Å². The van der Waals surface area contributed by atoms with Crippen LogP contribution in [-0.2, 0) is 4.79 Å². The number of halogens is 1. The van der Waals surface area contributed by atoms with Crippen LogP contribution in [0.15, 0.2) is 0 Å². The molecule has 76 valence electrons. The molecule has 1 aliphatic rings. The Bertz CT molecular complexity index is 175. The van der Waals surface area contributed by atoms with E-state index in [0.29, 0.717) is 11.2 Å². The number of aliphatic hydroxyl groups excluding tert-OH is 1. The van der Waals surface area contributed by atoms with Crippen LogP contribution >= 0.6 is 15.9 Å². The van der Waals surface area contributed by atoms with Crippen LogP contribution in [0.5, 0.6) is 0 Å². The van der Waals surface area contributed by atoms with E-state index in [0.717, 1.165) is 32.4 Å². The molecule has 1 fully saturated rings. The Labute approximate surface area is 87.2 Å². The van der Waals surface area contributed by atoms with Crippen LogP contribution in [0.3, 0.4) is 0 Å². The average Bonchev–Trinajstić information content (AvgIpc) is 2.41. The molecule has 0 aromatic heterocycles. The van der Waals surface area contributed by atoms with E-state index in [1.807, 2.05) is 4.90 Å². The fourth-order valence-electron chi connectivity index (χ4n) is 1.68. The molecule has 0 aliphatic carbocycles. The van der Waals surface area contributed by atoms with Gasteiger partial charge in [0, 0.05) is 19.7 Å². The van der Waals surface area contributed by atoms with Crippen molar-refractivity contribution in [3.8, 4) is 0 Å². The first-order chi connectivity index (χ1) is 6.27. The van der Waals surface area contributed by atoms with Gasteiger partial charge in [0.2, 0.25) is 5.91 Å². The maximum Gasteiger partial charge on any atom is 0.233 e. The third-order valence-electron chi connectivity index (χ3n) is 2.57. The zero-order valence-electron chi connectivity index (χ0n) is 7.71. The molecule has 1 atom stereocenters. The van der Waals surface area contributed by atoms with Crippen LogP contribution in [0.4, 0.5) is 0 Å². The van der Waals surface area contributed by atoms with E-state index in [1.54, 1.807) is 0 Å². The van der Waals surface area contributed by atoms with Crippen LogP contribution in [-0.4, -0.2) is 40.9 Å². The zero-order chi connectivity index (χ0) is 9.68. The highest BCUT2D eigenvalue weighted by Crippen LogP contribution is 2.16. The number of carbonyl (C=O) groups excluding carboxylic acids is 1. The summed E-state index contributed by atoms with van der Waals surface area (Å²) in [5.41, 5.74) is 0. The van der Waals surface area contributed by atoms with Gasteiger partial charge in [0.15, 0.2) is 0 Å². The lowest BCUT2D eigenvalue weighted by Gasteiger charge is -2.19. The predicted octanol–water partition coefficient (Wildman–Crippen LogP) is 1.00. The Morgan fingerprint density at radius 3 is 2.85 bits per heavy atom. The van der Waals surface area contributed by atoms with E-state index in [1.165, 1.54) is 0 Å². The number of rotatable bonds is 2. The highest BCUT2D eigenvalue weighted by molar-refractivity contribution is 9.09. The van der Waals surface area contributed by atoms with Gasteiger partial charge in [-0.2, -0.15) is 0 Å². The second-order valence-electron chi connectivity index (χ2n) is 3.49. The fraction of sp³-hybridized carbons (Fsp3) is 0.889. The molecule has 1 heterocycles. The Morgan fingerprint density at radius 1 is 1.46 bits per heavy atom.